The van der Waals surface area contributed by atoms with Gasteiger partial charge in [0, 0.05) is 19.6 Å². The first kappa shape index (κ1) is 11.1. The lowest BCUT2D eigenvalue weighted by atomic mass is 9.91. The molecular weight excluding hydrogens is 206 g/mol. The molecule has 1 N–H and O–H groups in total. The first-order chi connectivity index (χ1) is 7.74. The number of aryl methyl sites for hydroxylation is 1. The first-order valence-electron chi connectivity index (χ1n) is 5.62. The molecule has 0 atom stereocenters. The SMILES string of the molecule is Cn1cncc1C(=O)N(CCO)C1CCC1. The minimum absolute atomic E-state index is 0.0140. The van der Waals surface area contributed by atoms with Crippen molar-refractivity contribution in [2.45, 2.75) is 25.3 Å². The van der Waals surface area contributed by atoms with Gasteiger partial charge in [0.1, 0.15) is 5.69 Å². The third kappa shape index (κ3) is 1.95. The van der Waals surface area contributed by atoms with Crippen LogP contribution in [0.1, 0.15) is 29.8 Å². The second-order valence-corrected chi connectivity index (χ2v) is 4.20. The molecule has 1 saturated carbocycles. The van der Waals surface area contributed by atoms with Crippen LogP contribution in [-0.2, 0) is 7.05 Å². The third-order valence-corrected chi connectivity index (χ3v) is 3.15. The Labute approximate surface area is 94.7 Å². The molecule has 2 rings (SSSR count). The van der Waals surface area contributed by atoms with E-state index < -0.39 is 0 Å². The minimum atomic E-state index is -0.0289. The van der Waals surface area contributed by atoms with Crippen LogP contribution in [0, 0.1) is 0 Å². The van der Waals surface area contributed by atoms with Gasteiger partial charge in [-0.25, -0.2) is 4.98 Å². The zero-order valence-electron chi connectivity index (χ0n) is 9.46. The second kappa shape index (κ2) is 4.65. The van der Waals surface area contributed by atoms with Gasteiger partial charge in [-0.05, 0) is 19.3 Å². The van der Waals surface area contributed by atoms with E-state index in [1.807, 2.05) is 0 Å². The molecule has 0 aromatic carbocycles. The van der Waals surface area contributed by atoms with Crippen molar-refractivity contribution in [2.75, 3.05) is 13.2 Å². The maximum absolute atomic E-state index is 12.2. The summed E-state index contributed by atoms with van der Waals surface area (Å²) in [4.78, 5) is 17.9. The predicted molar refractivity (Wildman–Crippen MR) is 59.0 cm³/mol. The normalized spacial score (nSPS) is 15.9. The summed E-state index contributed by atoms with van der Waals surface area (Å²) in [6.07, 6.45) is 6.45. The zero-order valence-corrected chi connectivity index (χ0v) is 9.46. The zero-order chi connectivity index (χ0) is 11.5. The summed E-state index contributed by atoms with van der Waals surface area (Å²) in [6.45, 7) is 0.425. The van der Waals surface area contributed by atoms with Gasteiger partial charge in [-0.15, -0.1) is 0 Å². The Balaban J connectivity index is 2.13. The highest BCUT2D eigenvalue weighted by Gasteiger charge is 2.29. The fraction of sp³-hybridized carbons (Fsp3) is 0.636. The van der Waals surface area contributed by atoms with Gasteiger partial charge < -0.3 is 14.6 Å². The molecule has 1 fully saturated rings. The molecule has 5 heteroatoms. The highest BCUT2D eigenvalue weighted by atomic mass is 16.3. The summed E-state index contributed by atoms with van der Waals surface area (Å²) in [5.74, 6) is -0.0289. The molecule has 1 amide bonds. The van der Waals surface area contributed by atoms with Crippen molar-refractivity contribution >= 4 is 5.91 Å². The number of hydrogen-bond donors (Lipinski definition) is 1. The van der Waals surface area contributed by atoms with E-state index in [0.717, 1.165) is 12.8 Å². The van der Waals surface area contributed by atoms with Gasteiger partial charge in [-0.3, -0.25) is 4.79 Å². The number of aromatic nitrogens is 2. The molecule has 16 heavy (non-hydrogen) atoms. The van der Waals surface area contributed by atoms with Crippen LogP contribution >= 0.6 is 0 Å². The second-order valence-electron chi connectivity index (χ2n) is 4.20. The van der Waals surface area contributed by atoms with Crippen molar-refractivity contribution in [1.82, 2.24) is 14.5 Å². The molecule has 0 aliphatic heterocycles. The Morgan fingerprint density at radius 3 is 2.88 bits per heavy atom. The number of carbonyl (C=O) groups is 1. The summed E-state index contributed by atoms with van der Waals surface area (Å²) in [7, 11) is 1.80. The summed E-state index contributed by atoms with van der Waals surface area (Å²) in [6, 6.07) is 0.301. The molecular formula is C11H17N3O2. The molecule has 0 radical (unpaired) electrons. The molecule has 1 aromatic heterocycles. The van der Waals surface area contributed by atoms with Crippen molar-refractivity contribution in [1.29, 1.82) is 0 Å². The molecule has 1 aromatic rings. The van der Waals surface area contributed by atoms with E-state index in [4.69, 9.17) is 5.11 Å². The van der Waals surface area contributed by atoms with Crippen LogP contribution in [-0.4, -0.2) is 44.7 Å². The Kier molecular flexibility index (Phi) is 3.24. The average molecular weight is 223 g/mol. The number of carbonyl (C=O) groups excluding carboxylic acids is 1. The van der Waals surface area contributed by atoms with Crippen LogP contribution in [0.3, 0.4) is 0 Å². The molecule has 1 heterocycles. The van der Waals surface area contributed by atoms with Gasteiger partial charge in [-0.2, -0.15) is 0 Å². The van der Waals surface area contributed by atoms with Crippen molar-refractivity contribution in [3.63, 3.8) is 0 Å². The quantitative estimate of drug-likeness (QED) is 0.804. The molecule has 0 saturated heterocycles. The van der Waals surface area contributed by atoms with Crippen LogP contribution in [0.25, 0.3) is 0 Å². The Morgan fingerprint density at radius 1 is 1.69 bits per heavy atom. The van der Waals surface area contributed by atoms with Gasteiger partial charge in [0.05, 0.1) is 19.1 Å². The summed E-state index contributed by atoms with van der Waals surface area (Å²) in [5, 5.41) is 9.00. The number of amides is 1. The highest BCUT2D eigenvalue weighted by Crippen LogP contribution is 2.25. The summed E-state index contributed by atoms with van der Waals surface area (Å²) >= 11 is 0. The molecule has 1 aliphatic carbocycles. The number of imidazole rings is 1. The standard InChI is InChI=1S/C11H17N3O2/c1-13-8-12-7-10(13)11(16)14(5-6-15)9-3-2-4-9/h7-9,15H,2-6H2,1H3. The number of aliphatic hydroxyl groups is 1. The van der Waals surface area contributed by atoms with Gasteiger partial charge in [0.15, 0.2) is 0 Å². The number of rotatable bonds is 4. The maximum atomic E-state index is 12.2. The van der Waals surface area contributed by atoms with Crippen LogP contribution in [0.2, 0.25) is 0 Å². The fourth-order valence-electron chi connectivity index (χ4n) is 1.97. The van der Waals surface area contributed by atoms with E-state index in [1.54, 1.807) is 29.0 Å². The van der Waals surface area contributed by atoms with E-state index in [9.17, 15) is 4.79 Å². The fourth-order valence-corrected chi connectivity index (χ4v) is 1.97. The average Bonchev–Trinajstić information content (AvgIpc) is 2.60. The van der Waals surface area contributed by atoms with Crippen molar-refractivity contribution < 1.29 is 9.90 Å². The lowest BCUT2D eigenvalue weighted by Crippen LogP contribution is -2.46. The lowest BCUT2D eigenvalue weighted by molar-refractivity contribution is 0.0516. The Morgan fingerprint density at radius 2 is 2.44 bits per heavy atom. The molecule has 5 nitrogen and oxygen atoms in total. The van der Waals surface area contributed by atoms with Gasteiger partial charge in [0.25, 0.3) is 5.91 Å². The molecule has 88 valence electrons. The third-order valence-electron chi connectivity index (χ3n) is 3.15. The topological polar surface area (TPSA) is 58.4 Å². The summed E-state index contributed by atoms with van der Waals surface area (Å²) < 4.78 is 1.71. The predicted octanol–water partition coefficient (Wildman–Crippen LogP) is 0.407. The van der Waals surface area contributed by atoms with Crippen molar-refractivity contribution in [2.24, 2.45) is 7.05 Å². The van der Waals surface area contributed by atoms with Crippen LogP contribution in [0.5, 0.6) is 0 Å². The molecule has 1 aliphatic rings. The van der Waals surface area contributed by atoms with E-state index in [0.29, 0.717) is 18.3 Å². The van der Waals surface area contributed by atoms with Gasteiger partial charge in [0.2, 0.25) is 0 Å². The van der Waals surface area contributed by atoms with Gasteiger partial charge >= 0.3 is 0 Å². The minimum Gasteiger partial charge on any atom is -0.395 e. The Hall–Kier alpha value is -1.36. The molecule has 0 unspecified atom stereocenters. The highest BCUT2D eigenvalue weighted by molar-refractivity contribution is 5.92. The molecule has 0 spiro atoms. The largest absolute Gasteiger partial charge is 0.395 e. The van der Waals surface area contributed by atoms with Crippen LogP contribution < -0.4 is 0 Å². The van der Waals surface area contributed by atoms with E-state index in [2.05, 4.69) is 4.98 Å². The monoisotopic (exact) mass is 223 g/mol. The summed E-state index contributed by atoms with van der Waals surface area (Å²) in [5.41, 5.74) is 0.584. The van der Waals surface area contributed by atoms with Gasteiger partial charge in [-0.1, -0.05) is 0 Å². The van der Waals surface area contributed by atoms with E-state index >= 15 is 0 Å². The maximum Gasteiger partial charge on any atom is 0.272 e. The van der Waals surface area contributed by atoms with Crippen LogP contribution in [0.4, 0.5) is 0 Å². The van der Waals surface area contributed by atoms with E-state index in [-0.39, 0.29) is 12.5 Å². The van der Waals surface area contributed by atoms with Crippen molar-refractivity contribution in [3.05, 3.63) is 18.2 Å². The number of hydrogen-bond acceptors (Lipinski definition) is 3. The number of aliphatic hydroxyl groups excluding tert-OH is 1. The van der Waals surface area contributed by atoms with Crippen LogP contribution in [0.15, 0.2) is 12.5 Å². The smallest absolute Gasteiger partial charge is 0.272 e. The van der Waals surface area contributed by atoms with Crippen molar-refractivity contribution in [3.8, 4) is 0 Å². The Bertz CT molecular complexity index is 371. The lowest BCUT2D eigenvalue weighted by Gasteiger charge is -2.37. The van der Waals surface area contributed by atoms with E-state index in [1.165, 1.54) is 6.42 Å². The molecule has 0 bridgehead atoms. The first-order valence-corrected chi connectivity index (χ1v) is 5.62. The number of nitrogens with zero attached hydrogens (tertiary/aromatic N) is 3.